The van der Waals surface area contributed by atoms with Crippen LogP contribution >= 0.6 is 11.8 Å². The average molecular weight is 301 g/mol. The molecule has 0 aliphatic heterocycles. The van der Waals surface area contributed by atoms with Gasteiger partial charge in [-0.15, -0.1) is 0 Å². The van der Waals surface area contributed by atoms with Crippen molar-refractivity contribution < 1.29 is 4.79 Å². The summed E-state index contributed by atoms with van der Waals surface area (Å²) < 4.78 is 0. The van der Waals surface area contributed by atoms with Crippen molar-refractivity contribution in [2.45, 2.75) is 96.8 Å². The molecule has 0 spiro atoms. The summed E-state index contributed by atoms with van der Waals surface area (Å²) in [6.07, 6.45) is 20.8. The number of carbonyl (C=O) groups is 1. The van der Waals surface area contributed by atoms with Gasteiger partial charge in [-0.25, -0.2) is 0 Å². The third-order valence-electron chi connectivity index (χ3n) is 3.83. The second-order valence-electron chi connectivity index (χ2n) is 5.84. The lowest BCUT2D eigenvalue weighted by molar-refractivity contribution is -0.105. The highest BCUT2D eigenvalue weighted by atomic mass is 32.2. The van der Waals surface area contributed by atoms with Gasteiger partial charge in [0.1, 0.15) is 6.29 Å². The lowest BCUT2D eigenvalue weighted by Crippen LogP contribution is -1.86. The number of hydrogen-bond acceptors (Lipinski definition) is 2. The fraction of sp³-hybridized carbons (Fsp3) is 0.944. The highest BCUT2D eigenvalue weighted by molar-refractivity contribution is 7.99. The monoisotopic (exact) mass is 300 g/mol. The van der Waals surface area contributed by atoms with Gasteiger partial charge in [-0.3, -0.25) is 0 Å². The largest absolute Gasteiger partial charge is 0.302 e. The normalized spacial score (nSPS) is 10.8. The Morgan fingerprint density at radius 2 is 1.05 bits per heavy atom. The van der Waals surface area contributed by atoms with Crippen LogP contribution in [-0.2, 0) is 4.79 Å². The van der Waals surface area contributed by atoms with Gasteiger partial charge in [0, 0.05) is 5.75 Å². The molecule has 2 heteroatoms. The molecule has 0 aromatic rings. The van der Waals surface area contributed by atoms with Crippen LogP contribution in [0.15, 0.2) is 0 Å². The molecule has 0 N–H and O–H groups in total. The first-order chi connectivity index (χ1) is 9.91. The maximum absolute atomic E-state index is 10.1. The first-order valence-corrected chi connectivity index (χ1v) is 10.1. The van der Waals surface area contributed by atoms with Crippen LogP contribution in [0.5, 0.6) is 0 Å². The maximum atomic E-state index is 10.1. The molecule has 0 atom stereocenters. The number of unbranched alkanes of at least 4 members (excludes halogenated alkanes) is 13. The van der Waals surface area contributed by atoms with Gasteiger partial charge < -0.3 is 4.79 Å². The van der Waals surface area contributed by atoms with Crippen LogP contribution in [0.25, 0.3) is 0 Å². The Bertz CT molecular complexity index is 182. The number of aldehydes is 1. The van der Waals surface area contributed by atoms with Crippen molar-refractivity contribution in [3.05, 3.63) is 0 Å². The lowest BCUT2D eigenvalue weighted by Gasteiger charge is -2.03. The van der Waals surface area contributed by atoms with Crippen LogP contribution in [-0.4, -0.2) is 17.8 Å². The van der Waals surface area contributed by atoms with Gasteiger partial charge in [0.05, 0.1) is 0 Å². The van der Waals surface area contributed by atoms with Gasteiger partial charge in [0.25, 0.3) is 0 Å². The lowest BCUT2D eigenvalue weighted by atomic mass is 10.0. The van der Waals surface area contributed by atoms with E-state index in [-0.39, 0.29) is 0 Å². The average Bonchev–Trinajstić information content (AvgIpc) is 2.47. The highest BCUT2D eigenvalue weighted by Crippen LogP contribution is 2.13. The first-order valence-electron chi connectivity index (χ1n) is 8.93. The van der Waals surface area contributed by atoms with E-state index < -0.39 is 0 Å². The minimum atomic E-state index is 0.679. The predicted octanol–water partition coefficient (Wildman–Crippen LogP) is 6.40. The molecule has 0 saturated carbocycles. The standard InChI is InChI=1S/C18H36OS/c1-2-3-4-5-6-7-8-9-10-11-12-13-14-15-17-20-18-16-19/h16H,2-15,17-18H2,1H3. The summed E-state index contributed by atoms with van der Waals surface area (Å²) >= 11 is 1.77. The smallest absolute Gasteiger partial charge is 0.129 e. The molecule has 0 aliphatic rings. The highest BCUT2D eigenvalue weighted by Gasteiger charge is 1.94. The Morgan fingerprint density at radius 1 is 0.650 bits per heavy atom. The van der Waals surface area contributed by atoms with E-state index in [0.717, 1.165) is 12.0 Å². The fourth-order valence-electron chi connectivity index (χ4n) is 2.53. The molecule has 0 saturated heterocycles. The minimum Gasteiger partial charge on any atom is -0.302 e. The molecule has 0 radical (unpaired) electrons. The van der Waals surface area contributed by atoms with Gasteiger partial charge in [0.15, 0.2) is 0 Å². The van der Waals surface area contributed by atoms with E-state index in [9.17, 15) is 4.79 Å². The van der Waals surface area contributed by atoms with Crippen molar-refractivity contribution in [2.75, 3.05) is 11.5 Å². The van der Waals surface area contributed by atoms with E-state index in [4.69, 9.17) is 0 Å². The quantitative estimate of drug-likeness (QED) is 0.228. The van der Waals surface area contributed by atoms with E-state index in [2.05, 4.69) is 6.92 Å². The molecule has 0 aromatic carbocycles. The number of rotatable bonds is 17. The van der Waals surface area contributed by atoms with Crippen LogP contribution in [0.3, 0.4) is 0 Å². The molecule has 0 heterocycles. The van der Waals surface area contributed by atoms with E-state index in [1.165, 1.54) is 89.9 Å². The zero-order chi connectivity index (χ0) is 14.7. The van der Waals surface area contributed by atoms with Crippen LogP contribution in [0, 0.1) is 0 Å². The third kappa shape index (κ3) is 18.0. The van der Waals surface area contributed by atoms with Gasteiger partial charge in [-0.2, -0.15) is 11.8 Å². The molecule has 0 fully saturated rings. The fourth-order valence-corrected chi connectivity index (χ4v) is 3.20. The summed E-state index contributed by atoms with van der Waals surface area (Å²) in [6, 6.07) is 0. The minimum absolute atomic E-state index is 0.679. The molecule has 20 heavy (non-hydrogen) atoms. The summed E-state index contributed by atoms with van der Waals surface area (Å²) in [6.45, 7) is 2.28. The molecule has 0 rings (SSSR count). The van der Waals surface area contributed by atoms with E-state index in [0.29, 0.717) is 5.75 Å². The third-order valence-corrected chi connectivity index (χ3v) is 4.78. The second kappa shape index (κ2) is 19.0. The molecule has 0 bridgehead atoms. The number of hydrogen-bond donors (Lipinski definition) is 0. The van der Waals surface area contributed by atoms with Crippen molar-refractivity contribution in [2.24, 2.45) is 0 Å². The maximum Gasteiger partial charge on any atom is 0.129 e. The van der Waals surface area contributed by atoms with Gasteiger partial charge in [0.2, 0.25) is 0 Å². The van der Waals surface area contributed by atoms with Gasteiger partial charge >= 0.3 is 0 Å². The molecule has 120 valence electrons. The summed E-state index contributed by atoms with van der Waals surface area (Å²) in [4.78, 5) is 10.1. The number of thioether (sulfide) groups is 1. The molecular formula is C18H36OS. The van der Waals surface area contributed by atoms with E-state index >= 15 is 0 Å². The first kappa shape index (κ1) is 20.0. The van der Waals surface area contributed by atoms with Crippen molar-refractivity contribution in [3.8, 4) is 0 Å². The summed E-state index contributed by atoms with van der Waals surface area (Å²) in [5.74, 6) is 1.84. The Morgan fingerprint density at radius 3 is 1.45 bits per heavy atom. The zero-order valence-corrected chi connectivity index (χ0v) is 14.5. The van der Waals surface area contributed by atoms with Crippen molar-refractivity contribution in [1.29, 1.82) is 0 Å². The Labute approximate surface area is 131 Å². The van der Waals surface area contributed by atoms with Crippen LogP contribution in [0.4, 0.5) is 0 Å². The zero-order valence-electron chi connectivity index (χ0n) is 13.7. The second-order valence-corrected chi connectivity index (χ2v) is 6.99. The van der Waals surface area contributed by atoms with Crippen molar-refractivity contribution in [1.82, 2.24) is 0 Å². The molecule has 0 amide bonds. The Kier molecular flexibility index (Phi) is 19.0. The SMILES string of the molecule is CCCCCCCCCCCCCCCCSCC=O. The summed E-state index contributed by atoms with van der Waals surface area (Å²) in [7, 11) is 0. The van der Waals surface area contributed by atoms with Gasteiger partial charge in [-0.1, -0.05) is 90.4 Å². The topological polar surface area (TPSA) is 17.1 Å². The van der Waals surface area contributed by atoms with Crippen LogP contribution in [0.1, 0.15) is 96.8 Å². The van der Waals surface area contributed by atoms with E-state index in [1.54, 1.807) is 11.8 Å². The summed E-state index contributed by atoms with van der Waals surface area (Å²) in [5.41, 5.74) is 0. The van der Waals surface area contributed by atoms with Crippen LogP contribution < -0.4 is 0 Å². The van der Waals surface area contributed by atoms with Crippen molar-refractivity contribution in [3.63, 3.8) is 0 Å². The van der Waals surface area contributed by atoms with Crippen molar-refractivity contribution >= 4 is 18.0 Å². The Balaban J connectivity index is 2.90. The molecule has 1 nitrogen and oxygen atoms in total. The molecule has 0 aliphatic carbocycles. The molecule has 0 aromatic heterocycles. The van der Waals surface area contributed by atoms with E-state index in [1.807, 2.05) is 0 Å². The number of carbonyl (C=O) groups excluding carboxylic acids is 1. The molecular weight excluding hydrogens is 264 g/mol. The predicted molar refractivity (Wildman–Crippen MR) is 93.7 cm³/mol. The molecule has 0 unspecified atom stereocenters. The summed E-state index contributed by atoms with van der Waals surface area (Å²) in [5, 5.41) is 0. The van der Waals surface area contributed by atoms with Crippen LogP contribution in [0.2, 0.25) is 0 Å². The Hall–Kier alpha value is 0.0200. The van der Waals surface area contributed by atoms with Gasteiger partial charge in [-0.05, 0) is 12.2 Å².